The number of methoxy groups -OCH3 is 2. The standard InChI is InChI=1S/C22H22N2O4/c1-26-18-10-11-20(27-2)16(12-18)14-24(17-8-9-17)22(25)19-13-21(28-23-19)15-6-4-3-5-7-15/h3-7,10-13,17H,8-9,14H2,1-2H3. The zero-order chi connectivity index (χ0) is 19.5. The summed E-state index contributed by atoms with van der Waals surface area (Å²) in [5.74, 6) is 1.90. The summed E-state index contributed by atoms with van der Waals surface area (Å²) in [5, 5.41) is 4.02. The first-order valence-corrected chi connectivity index (χ1v) is 9.23. The molecular formula is C22H22N2O4. The summed E-state index contributed by atoms with van der Waals surface area (Å²) in [6.45, 7) is 0.428. The lowest BCUT2D eigenvalue weighted by molar-refractivity contribution is 0.0718. The molecule has 0 spiro atoms. The van der Waals surface area contributed by atoms with Crippen molar-refractivity contribution < 1.29 is 18.8 Å². The van der Waals surface area contributed by atoms with Crippen LogP contribution in [0.4, 0.5) is 0 Å². The molecule has 1 aliphatic rings. The van der Waals surface area contributed by atoms with Crippen LogP contribution in [0.15, 0.2) is 59.1 Å². The molecule has 2 aromatic carbocycles. The highest BCUT2D eigenvalue weighted by molar-refractivity contribution is 5.93. The third kappa shape index (κ3) is 3.71. The molecule has 1 aromatic heterocycles. The van der Waals surface area contributed by atoms with Gasteiger partial charge in [0.1, 0.15) is 11.5 Å². The van der Waals surface area contributed by atoms with E-state index in [1.807, 2.05) is 53.4 Å². The lowest BCUT2D eigenvalue weighted by atomic mass is 10.1. The number of carbonyl (C=O) groups is 1. The average molecular weight is 378 g/mol. The number of ether oxygens (including phenoxy) is 2. The van der Waals surface area contributed by atoms with Gasteiger partial charge in [-0.15, -0.1) is 0 Å². The zero-order valence-corrected chi connectivity index (χ0v) is 15.9. The molecule has 1 aliphatic carbocycles. The van der Waals surface area contributed by atoms with Crippen LogP contribution in [-0.4, -0.2) is 36.2 Å². The van der Waals surface area contributed by atoms with Crippen molar-refractivity contribution in [3.8, 4) is 22.8 Å². The highest BCUT2D eigenvalue weighted by atomic mass is 16.5. The maximum absolute atomic E-state index is 13.2. The molecule has 4 rings (SSSR count). The molecule has 1 heterocycles. The van der Waals surface area contributed by atoms with Gasteiger partial charge in [0.25, 0.3) is 5.91 Å². The first kappa shape index (κ1) is 18.1. The Balaban J connectivity index is 1.59. The lowest BCUT2D eigenvalue weighted by Crippen LogP contribution is -2.33. The largest absolute Gasteiger partial charge is 0.497 e. The van der Waals surface area contributed by atoms with Crippen LogP contribution < -0.4 is 9.47 Å². The number of aromatic nitrogens is 1. The Morgan fingerprint density at radius 2 is 1.89 bits per heavy atom. The normalized spacial score (nSPS) is 13.2. The van der Waals surface area contributed by atoms with E-state index in [0.29, 0.717) is 18.0 Å². The molecule has 6 nitrogen and oxygen atoms in total. The van der Waals surface area contributed by atoms with E-state index in [1.54, 1.807) is 20.3 Å². The Kier molecular flexibility index (Phi) is 5.02. The molecule has 3 aromatic rings. The van der Waals surface area contributed by atoms with Crippen LogP contribution in [0.2, 0.25) is 0 Å². The van der Waals surface area contributed by atoms with Gasteiger partial charge in [0, 0.05) is 23.2 Å². The summed E-state index contributed by atoms with van der Waals surface area (Å²) in [4.78, 5) is 15.0. The number of hydrogen-bond donors (Lipinski definition) is 0. The molecular weight excluding hydrogens is 356 g/mol. The second-order valence-corrected chi connectivity index (χ2v) is 6.78. The van der Waals surface area contributed by atoms with Crippen molar-refractivity contribution in [2.75, 3.05) is 14.2 Å². The first-order chi connectivity index (χ1) is 13.7. The van der Waals surface area contributed by atoms with E-state index >= 15 is 0 Å². The Bertz CT molecular complexity index is 964. The predicted octanol–water partition coefficient (Wildman–Crippen LogP) is 4.16. The van der Waals surface area contributed by atoms with Crippen molar-refractivity contribution in [3.63, 3.8) is 0 Å². The second-order valence-electron chi connectivity index (χ2n) is 6.78. The van der Waals surface area contributed by atoms with E-state index in [2.05, 4.69) is 5.16 Å². The molecule has 0 N–H and O–H groups in total. The molecule has 1 amide bonds. The number of carbonyl (C=O) groups excluding carboxylic acids is 1. The van der Waals surface area contributed by atoms with Crippen molar-refractivity contribution in [2.24, 2.45) is 0 Å². The van der Waals surface area contributed by atoms with Crippen LogP contribution in [0.25, 0.3) is 11.3 Å². The highest BCUT2D eigenvalue weighted by Gasteiger charge is 2.35. The number of amides is 1. The summed E-state index contributed by atoms with van der Waals surface area (Å²) in [6, 6.07) is 17.1. The lowest BCUT2D eigenvalue weighted by Gasteiger charge is -2.22. The zero-order valence-electron chi connectivity index (χ0n) is 15.9. The van der Waals surface area contributed by atoms with E-state index in [-0.39, 0.29) is 11.9 Å². The summed E-state index contributed by atoms with van der Waals surface area (Å²) < 4.78 is 16.2. The van der Waals surface area contributed by atoms with Gasteiger partial charge in [-0.25, -0.2) is 0 Å². The molecule has 0 unspecified atom stereocenters. The van der Waals surface area contributed by atoms with E-state index in [1.165, 1.54) is 0 Å². The molecule has 28 heavy (non-hydrogen) atoms. The third-order valence-corrected chi connectivity index (χ3v) is 4.86. The highest BCUT2D eigenvalue weighted by Crippen LogP contribution is 2.33. The smallest absolute Gasteiger partial charge is 0.276 e. The van der Waals surface area contributed by atoms with E-state index < -0.39 is 0 Å². The number of hydrogen-bond acceptors (Lipinski definition) is 5. The molecule has 0 atom stereocenters. The number of benzene rings is 2. The van der Waals surface area contributed by atoms with Gasteiger partial charge in [-0.3, -0.25) is 4.79 Å². The van der Waals surface area contributed by atoms with E-state index in [4.69, 9.17) is 14.0 Å². The first-order valence-electron chi connectivity index (χ1n) is 9.23. The minimum atomic E-state index is -0.140. The van der Waals surface area contributed by atoms with Crippen LogP contribution in [-0.2, 0) is 6.54 Å². The van der Waals surface area contributed by atoms with E-state index in [9.17, 15) is 4.79 Å². The fourth-order valence-electron chi connectivity index (χ4n) is 3.20. The van der Waals surface area contributed by atoms with Crippen molar-refractivity contribution in [1.29, 1.82) is 0 Å². The van der Waals surface area contributed by atoms with Gasteiger partial charge in [0.15, 0.2) is 11.5 Å². The maximum Gasteiger partial charge on any atom is 0.276 e. The SMILES string of the molecule is COc1ccc(OC)c(CN(C(=O)c2cc(-c3ccccc3)on2)C2CC2)c1. The second kappa shape index (κ2) is 7.76. The van der Waals surface area contributed by atoms with Gasteiger partial charge < -0.3 is 18.9 Å². The summed E-state index contributed by atoms with van der Waals surface area (Å²) in [5.41, 5.74) is 2.10. The Hall–Kier alpha value is -3.28. The predicted molar refractivity (Wildman–Crippen MR) is 104 cm³/mol. The minimum absolute atomic E-state index is 0.140. The van der Waals surface area contributed by atoms with Gasteiger partial charge in [-0.05, 0) is 31.0 Å². The van der Waals surface area contributed by atoms with Gasteiger partial charge in [0.05, 0.1) is 20.8 Å². The van der Waals surface area contributed by atoms with Crippen LogP contribution in [0, 0.1) is 0 Å². The van der Waals surface area contributed by atoms with Crippen molar-refractivity contribution in [3.05, 3.63) is 65.9 Å². The monoisotopic (exact) mass is 378 g/mol. The van der Waals surface area contributed by atoms with Gasteiger partial charge in [-0.1, -0.05) is 35.5 Å². The van der Waals surface area contributed by atoms with Crippen molar-refractivity contribution in [1.82, 2.24) is 10.1 Å². The summed E-state index contributed by atoms with van der Waals surface area (Å²) in [6.07, 6.45) is 1.98. The third-order valence-electron chi connectivity index (χ3n) is 4.86. The molecule has 1 saturated carbocycles. The minimum Gasteiger partial charge on any atom is -0.497 e. The van der Waals surface area contributed by atoms with Crippen LogP contribution in [0.5, 0.6) is 11.5 Å². The molecule has 0 bridgehead atoms. The molecule has 6 heteroatoms. The Morgan fingerprint density at radius 1 is 1.11 bits per heavy atom. The Morgan fingerprint density at radius 3 is 2.57 bits per heavy atom. The quantitative estimate of drug-likeness (QED) is 0.618. The summed E-state index contributed by atoms with van der Waals surface area (Å²) in [7, 11) is 3.24. The topological polar surface area (TPSA) is 64.8 Å². The molecule has 1 fully saturated rings. The number of nitrogens with zero attached hydrogens (tertiary/aromatic N) is 2. The molecule has 0 radical (unpaired) electrons. The van der Waals surface area contributed by atoms with Gasteiger partial charge in [0.2, 0.25) is 0 Å². The van der Waals surface area contributed by atoms with Crippen molar-refractivity contribution >= 4 is 5.91 Å². The maximum atomic E-state index is 13.2. The molecule has 0 saturated heterocycles. The van der Waals surface area contributed by atoms with E-state index in [0.717, 1.165) is 35.5 Å². The van der Waals surface area contributed by atoms with Gasteiger partial charge in [-0.2, -0.15) is 0 Å². The van der Waals surface area contributed by atoms with Crippen LogP contribution in [0.3, 0.4) is 0 Å². The van der Waals surface area contributed by atoms with Crippen molar-refractivity contribution in [2.45, 2.75) is 25.4 Å². The number of rotatable bonds is 7. The molecule has 0 aliphatic heterocycles. The molecule has 144 valence electrons. The summed E-state index contributed by atoms with van der Waals surface area (Å²) >= 11 is 0. The average Bonchev–Trinajstić information content (AvgIpc) is 3.47. The van der Waals surface area contributed by atoms with Crippen LogP contribution in [0.1, 0.15) is 28.9 Å². The van der Waals surface area contributed by atoms with Gasteiger partial charge >= 0.3 is 0 Å². The Labute approximate surface area is 163 Å². The fourth-order valence-corrected chi connectivity index (χ4v) is 3.20. The van der Waals surface area contributed by atoms with Crippen LogP contribution >= 0.6 is 0 Å². The fraction of sp³-hybridized carbons (Fsp3) is 0.273.